The molecule has 0 radical (unpaired) electrons. The molecule has 0 spiro atoms. The lowest BCUT2D eigenvalue weighted by molar-refractivity contribution is -0.116. The number of anilines is 1. The van der Waals surface area contributed by atoms with Gasteiger partial charge in [-0.2, -0.15) is 8.42 Å². The van der Waals surface area contributed by atoms with Gasteiger partial charge in [-0.15, -0.1) is 0 Å². The number of hydrogen-bond donors (Lipinski definition) is 2. The first-order valence-corrected chi connectivity index (χ1v) is 8.77. The molecule has 0 aromatic heterocycles. The molecular weight excluding hydrogens is 326 g/mol. The van der Waals surface area contributed by atoms with Crippen molar-refractivity contribution in [1.82, 2.24) is 0 Å². The molecule has 122 valence electrons. The van der Waals surface area contributed by atoms with Crippen LogP contribution in [0.3, 0.4) is 0 Å². The van der Waals surface area contributed by atoms with Crippen molar-refractivity contribution in [3.63, 3.8) is 0 Å². The minimum atomic E-state index is -4.60. The Bertz CT molecular complexity index is 979. The van der Waals surface area contributed by atoms with Crippen LogP contribution >= 0.6 is 0 Å². The van der Waals surface area contributed by atoms with Crippen molar-refractivity contribution in [1.29, 1.82) is 0 Å². The van der Waals surface area contributed by atoms with Gasteiger partial charge in [0.15, 0.2) is 5.25 Å². The van der Waals surface area contributed by atoms with Gasteiger partial charge in [-0.3, -0.25) is 9.35 Å². The van der Waals surface area contributed by atoms with E-state index in [0.29, 0.717) is 5.69 Å². The molecule has 0 saturated heterocycles. The van der Waals surface area contributed by atoms with Crippen LogP contribution in [0.15, 0.2) is 72.8 Å². The van der Waals surface area contributed by atoms with Gasteiger partial charge >= 0.3 is 0 Å². The average molecular weight is 341 g/mol. The molecule has 0 saturated carbocycles. The highest BCUT2D eigenvalue weighted by atomic mass is 32.2. The van der Waals surface area contributed by atoms with Crippen molar-refractivity contribution in [2.24, 2.45) is 0 Å². The summed E-state index contributed by atoms with van der Waals surface area (Å²) >= 11 is 0. The maximum atomic E-state index is 12.6. The van der Waals surface area contributed by atoms with Gasteiger partial charge in [0.05, 0.1) is 0 Å². The van der Waals surface area contributed by atoms with E-state index in [1.807, 2.05) is 30.3 Å². The third-order valence-electron chi connectivity index (χ3n) is 3.69. The monoisotopic (exact) mass is 341 g/mol. The second-order valence-electron chi connectivity index (χ2n) is 5.32. The SMILES string of the molecule is O=C(Nc1cccc2ccccc12)C(c1ccccc1)S(=O)(=O)O. The minimum absolute atomic E-state index is 0.206. The third-order valence-corrected chi connectivity index (χ3v) is 4.77. The quantitative estimate of drug-likeness (QED) is 0.712. The maximum absolute atomic E-state index is 12.6. The van der Waals surface area contributed by atoms with Crippen LogP contribution in [0.5, 0.6) is 0 Å². The highest BCUT2D eigenvalue weighted by Gasteiger charge is 2.33. The normalized spacial score (nSPS) is 12.7. The van der Waals surface area contributed by atoms with Gasteiger partial charge in [0, 0.05) is 11.1 Å². The van der Waals surface area contributed by atoms with E-state index < -0.39 is 21.3 Å². The summed E-state index contributed by atoms with van der Waals surface area (Å²) in [5.41, 5.74) is 0.695. The maximum Gasteiger partial charge on any atom is 0.281 e. The van der Waals surface area contributed by atoms with E-state index in [2.05, 4.69) is 5.32 Å². The first-order valence-electron chi connectivity index (χ1n) is 7.27. The summed E-state index contributed by atoms with van der Waals surface area (Å²) in [7, 11) is -4.60. The van der Waals surface area contributed by atoms with Gasteiger partial charge in [0.2, 0.25) is 5.91 Å². The Hall–Kier alpha value is -2.70. The highest BCUT2D eigenvalue weighted by molar-refractivity contribution is 7.86. The Kier molecular flexibility index (Phi) is 4.33. The Labute approximate surface area is 139 Å². The fourth-order valence-electron chi connectivity index (χ4n) is 2.62. The number of hydrogen-bond acceptors (Lipinski definition) is 3. The van der Waals surface area contributed by atoms with Crippen LogP contribution in [0.2, 0.25) is 0 Å². The van der Waals surface area contributed by atoms with E-state index in [0.717, 1.165) is 10.8 Å². The molecular formula is C18H15NO4S. The van der Waals surface area contributed by atoms with Crippen LogP contribution in [-0.4, -0.2) is 18.9 Å². The van der Waals surface area contributed by atoms with E-state index in [1.54, 1.807) is 30.3 Å². The van der Waals surface area contributed by atoms with Gasteiger partial charge in [-0.25, -0.2) is 0 Å². The second kappa shape index (κ2) is 6.43. The van der Waals surface area contributed by atoms with Gasteiger partial charge in [0.25, 0.3) is 10.1 Å². The van der Waals surface area contributed by atoms with Crippen LogP contribution < -0.4 is 5.32 Å². The molecule has 0 aliphatic rings. The topological polar surface area (TPSA) is 83.5 Å². The standard InChI is InChI=1S/C18H15NO4S/c20-18(17(24(21,22)23)14-8-2-1-3-9-14)19-16-12-6-10-13-7-4-5-11-15(13)16/h1-12,17H,(H,19,20)(H,21,22,23). The molecule has 3 aromatic rings. The Morgan fingerprint density at radius 3 is 2.21 bits per heavy atom. The van der Waals surface area contributed by atoms with E-state index in [4.69, 9.17) is 0 Å². The number of benzene rings is 3. The molecule has 3 aromatic carbocycles. The van der Waals surface area contributed by atoms with Crippen LogP contribution in [0.25, 0.3) is 10.8 Å². The van der Waals surface area contributed by atoms with Gasteiger partial charge in [-0.1, -0.05) is 66.7 Å². The summed E-state index contributed by atoms with van der Waals surface area (Å²) in [6.45, 7) is 0. The summed E-state index contributed by atoms with van der Waals surface area (Å²) in [5.74, 6) is -0.806. The third kappa shape index (κ3) is 3.29. The number of carbonyl (C=O) groups excluding carboxylic acids is 1. The summed E-state index contributed by atoms with van der Waals surface area (Å²) in [6, 6.07) is 20.7. The van der Waals surface area contributed by atoms with Crippen LogP contribution in [0.1, 0.15) is 10.8 Å². The number of amides is 1. The molecule has 6 heteroatoms. The van der Waals surface area contributed by atoms with Crippen molar-refractivity contribution in [3.05, 3.63) is 78.4 Å². The zero-order valence-electron chi connectivity index (χ0n) is 12.6. The Morgan fingerprint density at radius 2 is 1.50 bits per heavy atom. The molecule has 24 heavy (non-hydrogen) atoms. The number of fused-ring (bicyclic) bond motifs is 1. The smallest absolute Gasteiger partial charge is 0.281 e. The van der Waals surface area contributed by atoms with Crippen molar-refractivity contribution < 1.29 is 17.8 Å². The lowest BCUT2D eigenvalue weighted by Crippen LogP contribution is -2.27. The summed E-state index contributed by atoms with van der Waals surface area (Å²) < 4.78 is 32.9. The molecule has 3 rings (SSSR count). The van der Waals surface area contributed by atoms with E-state index in [1.165, 1.54) is 12.1 Å². The second-order valence-corrected chi connectivity index (χ2v) is 6.82. The molecule has 0 bridgehead atoms. The summed E-state index contributed by atoms with van der Waals surface area (Å²) in [5, 5.41) is 2.63. The lowest BCUT2D eigenvalue weighted by atomic mass is 10.1. The average Bonchev–Trinajstić information content (AvgIpc) is 2.55. The summed E-state index contributed by atoms with van der Waals surface area (Å²) in [6.07, 6.45) is 0. The van der Waals surface area contributed by atoms with Crippen LogP contribution in [0, 0.1) is 0 Å². The summed E-state index contributed by atoms with van der Waals surface area (Å²) in [4.78, 5) is 12.6. The number of nitrogens with one attached hydrogen (secondary N) is 1. The molecule has 0 aliphatic carbocycles. The molecule has 5 nitrogen and oxygen atoms in total. The molecule has 0 fully saturated rings. The molecule has 0 aliphatic heterocycles. The first-order chi connectivity index (χ1) is 11.5. The molecule has 1 unspecified atom stereocenters. The van der Waals surface area contributed by atoms with E-state index in [-0.39, 0.29) is 5.56 Å². The van der Waals surface area contributed by atoms with E-state index >= 15 is 0 Å². The van der Waals surface area contributed by atoms with Crippen molar-refractivity contribution >= 4 is 32.5 Å². The first kappa shape index (κ1) is 16.2. The van der Waals surface area contributed by atoms with Gasteiger partial charge < -0.3 is 5.32 Å². The zero-order valence-corrected chi connectivity index (χ0v) is 13.4. The minimum Gasteiger partial charge on any atom is -0.324 e. The fraction of sp³-hybridized carbons (Fsp3) is 0.0556. The van der Waals surface area contributed by atoms with Crippen LogP contribution in [-0.2, 0) is 14.9 Å². The van der Waals surface area contributed by atoms with Gasteiger partial charge in [0.1, 0.15) is 0 Å². The molecule has 2 N–H and O–H groups in total. The number of rotatable bonds is 4. The molecule has 0 heterocycles. The zero-order chi connectivity index (χ0) is 17.2. The highest BCUT2D eigenvalue weighted by Crippen LogP contribution is 2.27. The lowest BCUT2D eigenvalue weighted by Gasteiger charge is -2.15. The number of carbonyl (C=O) groups is 1. The van der Waals surface area contributed by atoms with Crippen molar-refractivity contribution in [3.8, 4) is 0 Å². The Balaban J connectivity index is 2.00. The van der Waals surface area contributed by atoms with Crippen molar-refractivity contribution in [2.75, 3.05) is 5.32 Å². The fourth-order valence-corrected chi connectivity index (χ4v) is 3.45. The predicted molar refractivity (Wildman–Crippen MR) is 93.3 cm³/mol. The predicted octanol–water partition coefficient (Wildman–Crippen LogP) is 3.41. The van der Waals surface area contributed by atoms with Crippen molar-refractivity contribution in [2.45, 2.75) is 5.25 Å². The van der Waals surface area contributed by atoms with Crippen LogP contribution in [0.4, 0.5) is 5.69 Å². The Morgan fingerprint density at radius 1 is 0.875 bits per heavy atom. The van der Waals surface area contributed by atoms with E-state index in [9.17, 15) is 17.8 Å². The molecule has 1 atom stereocenters. The molecule has 1 amide bonds. The largest absolute Gasteiger partial charge is 0.324 e. The van der Waals surface area contributed by atoms with Gasteiger partial charge in [-0.05, 0) is 17.0 Å².